The molecular weight excluding hydrogens is 210 g/mol. The highest BCUT2D eigenvalue weighted by Gasteiger charge is 2.01. The van der Waals surface area contributed by atoms with E-state index in [1.807, 2.05) is 43.3 Å². The molecule has 1 heterocycles. The molecule has 0 atom stereocenters. The van der Waals surface area contributed by atoms with Crippen molar-refractivity contribution >= 4 is 11.6 Å². The molecular formula is C14H13N3. The van der Waals surface area contributed by atoms with Crippen molar-refractivity contribution in [2.45, 2.75) is 13.3 Å². The van der Waals surface area contributed by atoms with Crippen LogP contribution in [0.15, 0.2) is 36.4 Å². The molecule has 1 N–H and O–H groups in total. The van der Waals surface area contributed by atoms with Crippen molar-refractivity contribution in [3.63, 3.8) is 0 Å². The van der Waals surface area contributed by atoms with Crippen molar-refractivity contribution in [1.29, 1.82) is 0 Å². The first kappa shape index (κ1) is 11.2. The second-order valence-corrected chi connectivity index (χ2v) is 3.70. The van der Waals surface area contributed by atoms with Crippen molar-refractivity contribution in [2.75, 3.05) is 5.32 Å². The molecule has 17 heavy (non-hydrogen) atoms. The Morgan fingerprint density at radius 1 is 1.24 bits per heavy atom. The van der Waals surface area contributed by atoms with Gasteiger partial charge in [-0.2, -0.15) is 0 Å². The van der Waals surface area contributed by atoms with Gasteiger partial charge in [-0.05, 0) is 25.1 Å². The summed E-state index contributed by atoms with van der Waals surface area (Å²) in [6, 6.07) is 11.7. The standard InChI is InChI=1S/C14H13N3/c1-3-7-13-10-11(2)15-14(17-13)16-12-8-5-4-6-9-12/h1,4-6,8-10H,7H2,2H3,(H,15,16,17). The number of anilines is 2. The molecule has 0 spiro atoms. The van der Waals surface area contributed by atoms with Gasteiger partial charge in [0.25, 0.3) is 0 Å². The molecule has 1 aromatic heterocycles. The Morgan fingerprint density at radius 3 is 2.71 bits per heavy atom. The number of hydrogen-bond acceptors (Lipinski definition) is 3. The minimum Gasteiger partial charge on any atom is -0.324 e. The first-order chi connectivity index (χ1) is 8.28. The molecule has 2 rings (SSSR count). The van der Waals surface area contributed by atoms with E-state index in [1.54, 1.807) is 0 Å². The average Bonchev–Trinajstić information content (AvgIpc) is 2.30. The van der Waals surface area contributed by atoms with Gasteiger partial charge < -0.3 is 5.32 Å². The van der Waals surface area contributed by atoms with Crippen LogP contribution in [0.1, 0.15) is 11.4 Å². The Kier molecular flexibility index (Phi) is 3.37. The average molecular weight is 223 g/mol. The largest absolute Gasteiger partial charge is 0.324 e. The molecule has 0 unspecified atom stereocenters. The maximum absolute atomic E-state index is 5.28. The van der Waals surface area contributed by atoms with Gasteiger partial charge in [-0.1, -0.05) is 18.2 Å². The molecule has 0 aliphatic carbocycles. The first-order valence-corrected chi connectivity index (χ1v) is 5.38. The maximum atomic E-state index is 5.28. The van der Waals surface area contributed by atoms with Crippen molar-refractivity contribution < 1.29 is 0 Å². The topological polar surface area (TPSA) is 37.8 Å². The fourth-order valence-electron chi connectivity index (χ4n) is 1.54. The van der Waals surface area contributed by atoms with Crippen LogP contribution in [0.4, 0.5) is 11.6 Å². The summed E-state index contributed by atoms with van der Waals surface area (Å²) in [6.07, 6.45) is 5.80. The summed E-state index contributed by atoms with van der Waals surface area (Å²) < 4.78 is 0. The van der Waals surface area contributed by atoms with Gasteiger partial charge in [0, 0.05) is 11.4 Å². The molecule has 3 nitrogen and oxygen atoms in total. The molecule has 2 aromatic rings. The number of nitrogens with one attached hydrogen (secondary N) is 1. The lowest BCUT2D eigenvalue weighted by molar-refractivity contribution is 1.03. The summed E-state index contributed by atoms with van der Waals surface area (Å²) in [4.78, 5) is 8.67. The normalized spacial score (nSPS) is 9.65. The van der Waals surface area contributed by atoms with E-state index < -0.39 is 0 Å². The Morgan fingerprint density at radius 2 is 2.00 bits per heavy atom. The minimum absolute atomic E-state index is 0.521. The highest BCUT2D eigenvalue weighted by molar-refractivity contribution is 5.52. The molecule has 0 aliphatic rings. The number of benzene rings is 1. The van der Waals surface area contributed by atoms with E-state index in [-0.39, 0.29) is 0 Å². The molecule has 1 aromatic carbocycles. The van der Waals surface area contributed by atoms with Crippen molar-refractivity contribution in [3.8, 4) is 12.3 Å². The lowest BCUT2D eigenvalue weighted by Gasteiger charge is -2.06. The number of hydrogen-bond donors (Lipinski definition) is 1. The molecule has 0 amide bonds. The zero-order valence-corrected chi connectivity index (χ0v) is 9.64. The lowest BCUT2D eigenvalue weighted by Crippen LogP contribution is -2.01. The summed E-state index contributed by atoms with van der Waals surface area (Å²) in [7, 11) is 0. The summed E-state index contributed by atoms with van der Waals surface area (Å²) >= 11 is 0. The number of aromatic nitrogens is 2. The van der Waals surface area contributed by atoms with Gasteiger partial charge in [0.15, 0.2) is 0 Å². The summed E-state index contributed by atoms with van der Waals surface area (Å²) in [5.41, 5.74) is 2.73. The van der Waals surface area contributed by atoms with Crippen LogP contribution >= 0.6 is 0 Å². The van der Waals surface area contributed by atoms with Gasteiger partial charge in [-0.15, -0.1) is 12.3 Å². The highest BCUT2D eigenvalue weighted by atomic mass is 15.1. The van der Waals surface area contributed by atoms with E-state index in [2.05, 4.69) is 21.2 Å². The van der Waals surface area contributed by atoms with E-state index in [0.29, 0.717) is 12.4 Å². The van der Waals surface area contributed by atoms with Crippen molar-refractivity contribution in [2.24, 2.45) is 0 Å². The van der Waals surface area contributed by atoms with Crippen LogP contribution in [0.3, 0.4) is 0 Å². The SMILES string of the molecule is C#CCc1cc(C)nc(Nc2ccccc2)n1. The number of rotatable bonds is 3. The van der Waals surface area contributed by atoms with Crippen LogP contribution in [0.25, 0.3) is 0 Å². The summed E-state index contributed by atoms with van der Waals surface area (Å²) in [5.74, 6) is 3.17. The molecule has 0 radical (unpaired) electrons. The summed E-state index contributed by atoms with van der Waals surface area (Å²) in [6.45, 7) is 1.93. The molecule has 0 saturated carbocycles. The molecule has 0 fully saturated rings. The Labute approximate surface area is 101 Å². The quantitative estimate of drug-likeness (QED) is 0.813. The monoisotopic (exact) mass is 223 g/mol. The number of aryl methyl sites for hydroxylation is 1. The van der Waals surface area contributed by atoms with Gasteiger partial charge in [-0.3, -0.25) is 0 Å². The van der Waals surface area contributed by atoms with E-state index in [4.69, 9.17) is 6.42 Å². The predicted octanol–water partition coefficient (Wildman–Crippen LogP) is 2.70. The first-order valence-electron chi connectivity index (χ1n) is 5.38. The van der Waals surface area contributed by atoms with Gasteiger partial charge in [-0.25, -0.2) is 9.97 Å². The smallest absolute Gasteiger partial charge is 0.227 e. The number of nitrogens with zero attached hydrogens (tertiary/aromatic N) is 2. The van der Waals surface area contributed by atoms with E-state index in [1.165, 1.54) is 0 Å². The van der Waals surface area contributed by atoms with Crippen LogP contribution in [0.2, 0.25) is 0 Å². The van der Waals surface area contributed by atoms with Crippen molar-refractivity contribution in [3.05, 3.63) is 47.8 Å². The summed E-state index contributed by atoms with van der Waals surface area (Å²) in [5, 5.41) is 3.15. The minimum atomic E-state index is 0.521. The van der Waals surface area contributed by atoms with Crippen LogP contribution in [0.5, 0.6) is 0 Å². The third kappa shape index (κ3) is 3.05. The fraction of sp³-hybridized carbons (Fsp3) is 0.143. The van der Waals surface area contributed by atoms with Gasteiger partial charge >= 0.3 is 0 Å². The zero-order valence-electron chi connectivity index (χ0n) is 9.64. The maximum Gasteiger partial charge on any atom is 0.227 e. The number of para-hydroxylation sites is 1. The number of terminal acetylenes is 1. The second kappa shape index (κ2) is 5.13. The molecule has 0 aliphatic heterocycles. The van der Waals surface area contributed by atoms with Crippen molar-refractivity contribution in [1.82, 2.24) is 9.97 Å². The van der Waals surface area contributed by atoms with E-state index in [9.17, 15) is 0 Å². The van der Waals surface area contributed by atoms with E-state index in [0.717, 1.165) is 17.1 Å². The second-order valence-electron chi connectivity index (χ2n) is 3.70. The van der Waals surface area contributed by atoms with E-state index >= 15 is 0 Å². The highest BCUT2D eigenvalue weighted by Crippen LogP contribution is 2.13. The molecule has 84 valence electrons. The predicted molar refractivity (Wildman–Crippen MR) is 69.0 cm³/mol. The zero-order chi connectivity index (χ0) is 12.1. The van der Waals surface area contributed by atoms with Gasteiger partial charge in [0.2, 0.25) is 5.95 Å². The van der Waals surface area contributed by atoms with Gasteiger partial charge in [0.05, 0.1) is 12.1 Å². The molecule has 0 saturated heterocycles. The third-order valence-electron chi connectivity index (χ3n) is 2.22. The van der Waals surface area contributed by atoms with Crippen LogP contribution < -0.4 is 5.32 Å². The Hall–Kier alpha value is -2.34. The Balaban J connectivity index is 2.24. The third-order valence-corrected chi connectivity index (χ3v) is 2.22. The van der Waals surface area contributed by atoms with Crippen LogP contribution in [-0.4, -0.2) is 9.97 Å². The van der Waals surface area contributed by atoms with Gasteiger partial charge in [0.1, 0.15) is 0 Å². The Bertz CT molecular complexity index is 541. The molecule has 3 heteroatoms. The van der Waals surface area contributed by atoms with Crippen LogP contribution in [0, 0.1) is 19.3 Å². The molecule has 0 bridgehead atoms. The van der Waals surface area contributed by atoms with Crippen LogP contribution in [-0.2, 0) is 6.42 Å². The lowest BCUT2D eigenvalue weighted by atomic mass is 10.2. The fourth-order valence-corrected chi connectivity index (χ4v) is 1.54.